The standard InChI is InChI=1S/C22H23ClFN3O2S/c23-17-2-7-22-20(14-17)21(15-25-22)16-8-12-27(13-9-16)11-1-10-26-30(28,29)19-5-3-18(24)4-6-19/h2-8,14-15,25-26H,1,9-13H2. The lowest BCUT2D eigenvalue weighted by atomic mass is 9.99. The zero-order valence-corrected chi connectivity index (χ0v) is 17.9. The van der Waals surface area contributed by atoms with Crippen LogP contribution in [0.25, 0.3) is 16.5 Å². The van der Waals surface area contributed by atoms with Crippen molar-refractivity contribution >= 4 is 38.1 Å². The lowest BCUT2D eigenvalue weighted by molar-refractivity contribution is 0.298. The molecule has 0 bridgehead atoms. The maximum atomic E-state index is 13.0. The molecule has 1 aliphatic heterocycles. The van der Waals surface area contributed by atoms with Crippen LogP contribution in [0.2, 0.25) is 5.02 Å². The number of sulfonamides is 1. The van der Waals surface area contributed by atoms with Crippen LogP contribution in [-0.4, -0.2) is 44.5 Å². The molecule has 0 saturated carbocycles. The number of H-pyrrole nitrogens is 1. The Morgan fingerprint density at radius 3 is 2.70 bits per heavy atom. The monoisotopic (exact) mass is 447 g/mol. The Balaban J connectivity index is 1.29. The van der Waals surface area contributed by atoms with Gasteiger partial charge in [-0.2, -0.15) is 0 Å². The van der Waals surface area contributed by atoms with Gasteiger partial charge in [0, 0.05) is 47.3 Å². The summed E-state index contributed by atoms with van der Waals surface area (Å²) in [6.45, 7) is 2.89. The van der Waals surface area contributed by atoms with Crippen LogP contribution in [0, 0.1) is 5.82 Å². The molecule has 158 valence electrons. The number of nitrogens with one attached hydrogen (secondary N) is 2. The lowest BCUT2D eigenvalue weighted by Crippen LogP contribution is -2.32. The van der Waals surface area contributed by atoms with Crippen LogP contribution in [0.4, 0.5) is 4.39 Å². The van der Waals surface area contributed by atoms with E-state index in [0.29, 0.717) is 13.0 Å². The van der Waals surface area contributed by atoms with Crippen LogP contribution in [0.3, 0.4) is 0 Å². The number of nitrogens with zero attached hydrogens (tertiary/aromatic N) is 1. The molecule has 0 spiro atoms. The van der Waals surface area contributed by atoms with E-state index in [2.05, 4.69) is 20.7 Å². The number of fused-ring (bicyclic) bond motifs is 1. The molecule has 2 N–H and O–H groups in total. The number of hydrogen-bond acceptors (Lipinski definition) is 3. The van der Waals surface area contributed by atoms with Gasteiger partial charge in [-0.25, -0.2) is 17.5 Å². The second kappa shape index (κ2) is 8.89. The summed E-state index contributed by atoms with van der Waals surface area (Å²) in [6, 6.07) is 10.7. The third kappa shape index (κ3) is 4.75. The summed E-state index contributed by atoms with van der Waals surface area (Å²) in [5.74, 6) is -0.456. The molecular formula is C22H23ClFN3O2S. The molecule has 0 fully saturated rings. The Bertz CT molecular complexity index is 1170. The minimum atomic E-state index is -3.60. The molecule has 8 heteroatoms. The summed E-state index contributed by atoms with van der Waals surface area (Å²) in [5, 5.41) is 1.86. The summed E-state index contributed by atoms with van der Waals surface area (Å²) >= 11 is 6.15. The van der Waals surface area contributed by atoms with Crippen molar-refractivity contribution in [1.82, 2.24) is 14.6 Å². The maximum Gasteiger partial charge on any atom is 0.240 e. The van der Waals surface area contributed by atoms with Crippen molar-refractivity contribution in [3.8, 4) is 0 Å². The first-order chi connectivity index (χ1) is 14.4. The Morgan fingerprint density at radius 2 is 1.97 bits per heavy atom. The molecule has 0 atom stereocenters. The fourth-order valence-corrected chi connectivity index (χ4v) is 4.97. The van der Waals surface area contributed by atoms with Gasteiger partial charge in [0.15, 0.2) is 0 Å². The molecule has 4 rings (SSSR count). The van der Waals surface area contributed by atoms with E-state index in [9.17, 15) is 12.8 Å². The van der Waals surface area contributed by atoms with Gasteiger partial charge in [-0.15, -0.1) is 0 Å². The number of aromatic nitrogens is 1. The predicted octanol–water partition coefficient (Wildman–Crippen LogP) is 4.42. The van der Waals surface area contributed by atoms with Crippen molar-refractivity contribution < 1.29 is 12.8 Å². The van der Waals surface area contributed by atoms with Crippen LogP contribution in [0.1, 0.15) is 18.4 Å². The number of benzene rings is 2. The third-order valence-electron chi connectivity index (χ3n) is 5.35. The molecule has 0 amide bonds. The molecule has 1 aromatic heterocycles. The van der Waals surface area contributed by atoms with Crippen LogP contribution in [0.5, 0.6) is 0 Å². The molecule has 0 unspecified atom stereocenters. The fourth-order valence-electron chi connectivity index (χ4n) is 3.72. The molecule has 0 radical (unpaired) electrons. The number of aromatic amines is 1. The highest BCUT2D eigenvalue weighted by Gasteiger charge is 2.17. The number of hydrogen-bond donors (Lipinski definition) is 2. The highest BCUT2D eigenvalue weighted by molar-refractivity contribution is 7.89. The average Bonchev–Trinajstić information content (AvgIpc) is 3.15. The van der Waals surface area contributed by atoms with Gasteiger partial charge in [0.25, 0.3) is 0 Å². The molecule has 30 heavy (non-hydrogen) atoms. The summed E-state index contributed by atoms with van der Waals surface area (Å²) in [6.07, 6.45) is 5.90. The van der Waals surface area contributed by atoms with Gasteiger partial charge in [-0.3, -0.25) is 4.90 Å². The molecule has 2 heterocycles. The SMILES string of the molecule is O=S(=O)(NCCCN1CC=C(c2c[nH]c3ccc(Cl)cc23)CC1)c1ccc(F)cc1. The smallest absolute Gasteiger partial charge is 0.240 e. The highest BCUT2D eigenvalue weighted by atomic mass is 35.5. The Hall–Kier alpha value is -2.19. The van der Waals surface area contributed by atoms with Gasteiger partial charge in [0.05, 0.1) is 4.90 Å². The molecular weight excluding hydrogens is 425 g/mol. The van der Waals surface area contributed by atoms with Gasteiger partial charge >= 0.3 is 0 Å². The Morgan fingerprint density at radius 1 is 1.17 bits per heavy atom. The first-order valence-electron chi connectivity index (χ1n) is 9.86. The largest absolute Gasteiger partial charge is 0.361 e. The van der Waals surface area contributed by atoms with E-state index >= 15 is 0 Å². The van der Waals surface area contributed by atoms with Gasteiger partial charge in [0.2, 0.25) is 10.0 Å². The second-order valence-corrected chi connectivity index (χ2v) is 9.58. The molecule has 5 nitrogen and oxygen atoms in total. The van der Waals surface area contributed by atoms with Crippen molar-refractivity contribution in [3.05, 3.63) is 71.1 Å². The third-order valence-corrected chi connectivity index (χ3v) is 7.06. The van der Waals surface area contributed by atoms with Gasteiger partial charge < -0.3 is 4.98 Å². The number of halogens is 2. The lowest BCUT2D eigenvalue weighted by Gasteiger charge is -2.26. The first-order valence-corrected chi connectivity index (χ1v) is 11.7. The minimum absolute atomic E-state index is 0.0771. The van der Waals surface area contributed by atoms with Crippen LogP contribution < -0.4 is 4.72 Å². The van der Waals surface area contributed by atoms with Crippen LogP contribution in [0.15, 0.2) is 59.6 Å². The Labute approximate surface area is 180 Å². The zero-order valence-electron chi connectivity index (χ0n) is 16.4. The van der Waals surface area contributed by atoms with Gasteiger partial charge in [-0.1, -0.05) is 17.7 Å². The quantitative estimate of drug-likeness (QED) is 0.527. The summed E-state index contributed by atoms with van der Waals surface area (Å²) in [7, 11) is -3.60. The fraction of sp³-hybridized carbons (Fsp3) is 0.273. The molecule has 0 saturated heterocycles. The van der Waals surface area contributed by atoms with Gasteiger partial charge in [-0.05, 0) is 67.4 Å². The average molecular weight is 448 g/mol. The molecule has 3 aromatic rings. The van der Waals surface area contributed by atoms with Crippen molar-refractivity contribution in [1.29, 1.82) is 0 Å². The van der Waals surface area contributed by atoms with E-state index in [1.54, 1.807) is 0 Å². The predicted molar refractivity (Wildman–Crippen MR) is 119 cm³/mol. The highest BCUT2D eigenvalue weighted by Crippen LogP contribution is 2.30. The number of rotatable bonds is 7. The van der Waals surface area contributed by atoms with E-state index in [1.807, 2.05) is 24.4 Å². The van der Waals surface area contributed by atoms with Crippen molar-refractivity contribution in [2.45, 2.75) is 17.7 Å². The van der Waals surface area contributed by atoms with Crippen LogP contribution >= 0.6 is 11.6 Å². The Kier molecular flexibility index (Phi) is 6.24. The minimum Gasteiger partial charge on any atom is -0.361 e. The van der Waals surface area contributed by atoms with E-state index in [4.69, 9.17) is 11.6 Å². The second-order valence-electron chi connectivity index (χ2n) is 7.38. The van der Waals surface area contributed by atoms with E-state index in [1.165, 1.54) is 23.3 Å². The van der Waals surface area contributed by atoms with Crippen molar-refractivity contribution in [3.63, 3.8) is 0 Å². The zero-order chi connectivity index (χ0) is 21.1. The van der Waals surface area contributed by atoms with E-state index in [-0.39, 0.29) is 4.90 Å². The van der Waals surface area contributed by atoms with Crippen LogP contribution in [-0.2, 0) is 10.0 Å². The van der Waals surface area contributed by atoms with Crippen molar-refractivity contribution in [2.75, 3.05) is 26.2 Å². The van der Waals surface area contributed by atoms with Crippen molar-refractivity contribution in [2.24, 2.45) is 0 Å². The maximum absolute atomic E-state index is 13.0. The molecule has 0 aliphatic carbocycles. The summed E-state index contributed by atoms with van der Waals surface area (Å²) in [4.78, 5) is 5.68. The normalized spacial score (nSPS) is 15.5. The molecule has 2 aromatic carbocycles. The summed E-state index contributed by atoms with van der Waals surface area (Å²) in [5.41, 5.74) is 3.57. The summed E-state index contributed by atoms with van der Waals surface area (Å²) < 4.78 is 40.0. The molecule has 1 aliphatic rings. The van der Waals surface area contributed by atoms with E-state index in [0.717, 1.165) is 54.1 Å². The topological polar surface area (TPSA) is 65.2 Å². The first kappa shape index (κ1) is 21.1. The van der Waals surface area contributed by atoms with E-state index < -0.39 is 15.8 Å². The van der Waals surface area contributed by atoms with Gasteiger partial charge in [0.1, 0.15) is 5.82 Å².